The Balaban J connectivity index is 2.46. The van der Waals surface area contributed by atoms with Crippen molar-refractivity contribution in [2.24, 2.45) is 0 Å². The Bertz CT molecular complexity index is 218. The summed E-state index contributed by atoms with van der Waals surface area (Å²) in [5, 5.41) is 0.674. The lowest BCUT2D eigenvalue weighted by atomic mass is 10.2. The van der Waals surface area contributed by atoms with E-state index in [1.807, 2.05) is 11.8 Å². The molecule has 1 aromatic rings. The van der Waals surface area contributed by atoms with E-state index in [0.717, 1.165) is 0 Å². The van der Waals surface area contributed by atoms with E-state index >= 15 is 0 Å². The first-order chi connectivity index (χ1) is 6.36. The lowest BCUT2D eigenvalue weighted by molar-refractivity contribution is 0.798. The molecule has 1 atom stereocenters. The van der Waals surface area contributed by atoms with Gasteiger partial charge >= 0.3 is 0 Å². The molecule has 0 fully saturated rings. The Morgan fingerprint density at radius 3 is 2.54 bits per heavy atom. The maximum Gasteiger partial charge on any atom is 0.0123 e. The second kappa shape index (κ2) is 6.09. The summed E-state index contributed by atoms with van der Waals surface area (Å²) in [7, 11) is 0. The summed E-state index contributed by atoms with van der Waals surface area (Å²) in [5.41, 5.74) is 0. The predicted molar refractivity (Wildman–Crippen MR) is 61.0 cm³/mol. The van der Waals surface area contributed by atoms with Crippen molar-refractivity contribution in [3.63, 3.8) is 0 Å². The highest BCUT2D eigenvalue weighted by atomic mass is 32.2. The highest BCUT2D eigenvalue weighted by Gasteiger charge is 2.06. The van der Waals surface area contributed by atoms with E-state index in [4.69, 9.17) is 0 Å². The molecule has 0 aliphatic carbocycles. The third-order valence-corrected chi connectivity index (χ3v) is 3.33. The summed E-state index contributed by atoms with van der Waals surface area (Å²) >= 11 is 1.96. The van der Waals surface area contributed by atoms with Crippen LogP contribution in [0, 0.1) is 6.42 Å². The minimum Gasteiger partial charge on any atom is -0.122 e. The molecule has 0 nitrogen and oxygen atoms in total. The van der Waals surface area contributed by atoms with Gasteiger partial charge in [0.2, 0.25) is 0 Å². The molecule has 1 aromatic carbocycles. The molecule has 0 saturated carbocycles. The maximum atomic E-state index is 2.29. The second-order valence-electron chi connectivity index (χ2n) is 3.09. The van der Waals surface area contributed by atoms with Crippen molar-refractivity contribution in [3.05, 3.63) is 36.8 Å². The number of benzene rings is 1. The summed E-state index contributed by atoms with van der Waals surface area (Å²) in [6, 6.07) is 10.6. The van der Waals surface area contributed by atoms with Crippen molar-refractivity contribution in [2.45, 2.75) is 36.8 Å². The van der Waals surface area contributed by atoms with E-state index in [-0.39, 0.29) is 0 Å². The molecule has 1 radical (unpaired) electrons. The van der Waals surface area contributed by atoms with Crippen LogP contribution < -0.4 is 0 Å². The Hall–Kier alpha value is -0.430. The number of hydrogen-bond acceptors (Lipinski definition) is 1. The Morgan fingerprint density at radius 1 is 1.31 bits per heavy atom. The lowest BCUT2D eigenvalue weighted by Crippen LogP contribution is -1.99. The summed E-state index contributed by atoms with van der Waals surface area (Å²) < 4.78 is 0. The van der Waals surface area contributed by atoms with Gasteiger partial charge in [0.25, 0.3) is 0 Å². The fraction of sp³-hybridized carbons (Fsp3) is 0.417. The van der Waals surface area contributed by atoms with Gasteiger partial charge in [0, 0.05) is 10.1 Å². The van der Waals surface area contributed by atoms with E-state index < -0.39 is 0 Å². The molecule has 0 aliphatic rings. The maximum absolute atomic E-state index is 2.29. The smallest absolute Gasteiger partial charge is 0.0123 e. The van der Waals surface area contributed by atoms with Gasteiger partial charge in [-0.15, -0.1) is 11.8 Å². The molecule has 0 spiro atoms. The van der Waals surface area contributed by atoms with Gasteiger partial charge in [-0.2, -0.15) is 0 Å². The van der Waals surface area contributed by atoms with Crippen molar-refractivity contribution < 1.29 is 0 Å². The van der Waals surface area contributed by atoms with Crippen LogP contribution in [-0.2, 0) is 0 Å². The topological polar surface area (TPSA) is 0 Å². The van der Waals surface area contributed by atoms with Crippen molar-refractivity contribution in [2.75, 3.05) is 0 Å². The second-order valence-corrected chi connectivity index (χ2v) is 4.40. The molecule has 0 bridgehead atoms. The van der Waals surface area contributed by atoms with Crippen molar-refractivity contribution in [3.8, 4) is 0 Å². The van der Waals surface area contributed by atoms with Crippen LogP contribution in [0.3, 0.4) is 0 Å². The van der Waals surface area contributed by atoms with Gasteiger partial charge in [-0.05, 0) is 25.0 Å². The molecule has 0 N–H and O–H groups in total. The van der Waals surface area contributed by atoms with E-state index in [1.54, 1.807) is 0 Å². The van der Waals surface area contributed by atoms with Gasteiger partial charge in [-0.25, -0.2) is 0 Å². The van der Waals surface area contributed by atoms with Gasteiger partial charge in [0.1, 0.15) is 0 Å². The number of thioether (sulfide) groups is 1. The summed E-state index contributed by atoms with van der Waals surface area (Å²) in [5.74, 6) is 0. The van der Waals surface area contributed by atoms with Crippen LogP contribution in [-0.4, -0.2) is 5.25 Å². The quantitative estimate of drug-likeness (QED) is 0.632. The van der Waals surface area contributed by atoms with Gasteiger partial charge in [0.05, 0.1) is 0 Å². The standard InChI is InChI=1S/C12H17S/c1-3-8-11(4-2)13-12-9-6-5-7-10-12/h4-7,9-11H,3,8H2,1-2H3. The van der Waals surface area contributed by atoms with Crippen LogP contribution >= 0.6 is 11.8 Å². The van der Waals surface area contributed by atoms with Crippen molar-refractivity contribution in [1.29, 1.82) is 0 Å². The Morgan fingerprint density at radius 2 is 2.00 bits per heavy atom. The molecule has 0 heterocycles. The van der Waals surface area contributed by atoms with Gasteiger partial charge in [-0.1, -0.05) is 38.5 Å². The molecule has 0 amide bonds. The number of hydrogen-bond donors (Lipinski definition) is 0. The highest BCUT2D eigenvalue weighted by Crippen LogP contribution is 2.27. The first-order valence-corrected chi connectivity index (χ1v) is 5.76. The average molecular weight is 193 g/mol. The molecule has 1 unspecified atom stereocenters. The van der Waals surface area contributed by atoms with Crippen molar-refractivity contribution in [1.82, 2.24) is 0 Å². The van der Waals surface area contributed by atoms with Crippen molar-refractivity contribution >= 4 is 11.8 Å². The van der Waals surface area contributed by atoms with Gasteiger partial charge < -0.3 is 0 Å². The molecule has 1 heteroatoms. The molecular weight excluding hydrogens is 176 g/mol. The zero-order valence-corrected chi connectivity index (χ0v) is 9.18. The molecule has 0 aliphatic heterocycles. The Kier molecular flexibility index (Phi) is 4.99. The molecule has 0 saturated heterocycles. The summed E-state index contributed by atoms with van der Waals surface area (Å²) in [4.78, 5) is 1.37. The summed E-state index contributed by atoms with van der Waals surface area (Å²) in [6.45, 7) is 4.39. The molecule has 13 heavy (non-hydrogen) atoms. The molecule has 1 rings (SSSR count). The molecular formula is C12H17S. The van der Waals surface area contributed by atoms with E-state index in [0.29, 0.717) is 5.25 Å². The van der Waals surface area contributed by atoms with Crippen LogP contribution in [0.4, 0.5) is 0 Å². The van der Waals surface area contributed by atoms with E-state index in [9.17, 15) is 0 Å². The average Bonchev–Trinajstić information content (AvgIpc) is 2.19. The predicted octanol–water partition coefficient (Wildman–Crippen LogP) is 4.17. The largest absolute Gasteiger partial charge is 0.122 e. The fourth-order valence-corrected chi connectivity index (χ4v) is 2.41. The van der Waals surface area contributed by atoms with Crippen LogP contribution in [0.25, 0.3) is 0 Å². The van der Waals surface area contributed by atoms with Gasteiger partial charge in [-0.3, -0.25) is 0 Å². The van der Waals surface area contributed by atoms with Crippen LogP contribution in [0.1, 0.15) is 26.7 Å². The zero-order valence-electron chi connectivity index (χ0n) is 8.36. The molecule has 0 aromatic heterocycles. The van der Waals surface area contributed by atoms with Gasteiger partial charge in [0.15, 0.2) is 0 Å². The SMILES string of the molecule is C[CH]C(CCC)Sc1ccccc1. The minimum absolute atomic E-state index is 0.674. The third-order valence-electron chi connectivity index (χ3n) is 1.98. The first kappa shape index (κ1) is 10.6. The zero-order chi connectivity index (χ0) is 9.52. The monoisotopic (exact) mass is 193 g/mol. The minimum atomic E-state index is 0.674. The van der Waals surface area contributed by atoms with Crippen LogP contribution in [0.5, 0.6) is 0 Å². The normalized spacial score (nSPS) is 12.8. The Labute approximate surface area is 85.7 Å². The number of rotatable bonds is 5. The lowest BCUT2D eigenvalue weighted by Gasteiger charge is -2.12. The summed E-state index contributed by atoms with van der Waals surface area (Å²) in [6.07, 6.45) is 4.83. The van der Waals surface area contributed by atoms with E-state index in [2.05, 4.69) is 50.6 Å². The first-order valence-electron chi connectivity index (χ1n) is 4.88. The van der Waals surface area contributed by atoms with Crippen LogP contribution in [0.2, 0.25) is 0 Å². The van der Waals surface area contributed by atoms with E-state index in [1.165, 1.54) is 17.7 Å². The highest BCUT2D eigenvalue weighted by molar-refractivity contribution is 8.00. The fourth-order valence-electron chi connectivity index (χ4n) is 1.25. The van der Waals surface area contributed by atoms with Crippen LogP contribution in [0.15, 0.2) is 35.2 Å². The molecule has 71 valence electrons. The third kappa shape index (κ3) is 3.86.